The molecule has 186 valence electrons. The monoisotopic (exact) mass is 529 g/mol. The van der Waals surface area contributed by atoms with Crippen LogP contribution in [0.25, 0.3) is 10.6 Å². The van der Waals surface area contributed by atoms with Crippen LogP contribution in [-0.2, 0) is 16.2 Å². The molecule has 16 heteroatoms. The zero-order valence-electron chi connectivity index (χ0n) is 17.3. The van der Waals surface area contributed by atoms with E-state index in [9.17, 15) is 39.9 Å². The number of hydrogen-bond acceptors (Lipinski definition) is 8. The maximum absolute atomic E-state index is 13.6. The number of aliphatic hydroxyl groups is 1. The van der Waals surface area contributed by atoms with Crippen LogP contribution in [0.3, 0.4) is 0 Å². The third kappa shape index (κ3) is 5.77. The number of rotatable bonds is 5. The molecule has 3 heterocycles. The third-order valence-electron chi connectivity index (χ3n) is 5.02. The van der Waals surface area contributed by atoms with Crippen molar-refractivity contribution in [2.45, 2.75) is 37.3 Å². The number of thiophene rings is 1. The topological polar surface area (TPSA) is 119 Å². The molecule has 0 saturated carbocycles. The maximum atomic E-state index is 13.6. The van der Waals surface area contributed by atoms with E-state index in [-0.39, 0.29) is 36.4 Å². The molecule has 0 radical (unpaired) electrons. The van der Waals surface area contributed by atoms with Crippen LogP contribution in [-0.4, -0.2) is 59.4 Å². The Morgan fingerprint density at radius 2 is 1.88 bits per heavy atom. The van der Waals surface area contributed by atoms with Gasteiger partial charge in [0.1, 0.15) is 11.6 Å². The number of halogens is 6. The zero-order valence-corrected chi connectivity index (χ0v) is 18.9. The van der Waals surface area contributed by atoms with Crippen LogP contribution < -0.4 is 5.32 Å². The maximum Gasteiger partial charge on any atom is 0.420 e. The van der Waals surface area contributed by atoms with Crippen LogP contribution in [0.2, 0.25) is 0 Å². The number of sulfonamides is 1. The van der Waals surface area contributed by atoms with E-state index in [0.29, 0.717) is 19.0 Å². The van der Waals surface area contributed by atoms with E-state index in [1.807, 2.05) is 0 Å². The van der Waals surface area contributed by atoms with Crippen molar-refractivity contribution in [3.63, 3.8) is 0 Å². The summed E-state index contributed by atoms with van der Waals surface area (Å²) >= 11 is 0.176. The summed E-state index contributed by atoms with van der Waals surface area (Å²) in [7, 11) is -3.39. The number of alkyl halides is 6. The molecule has 1 aliphatic heterocycles. The molecule has 0 aliphatic carbocycles. The predicted molar refractivity (Wildman–Crippen MR) is 109 cm³/mol. The second-order valence-electron chi connectivity index (χ2n) is 7.48. The molecule has 0 aromatic carbocycles. The molecule has 1 fully saturated rings. The fourth-order valence-electron chi connectivity index (χ4n) is 3.32. The number of nitrogens with one attached hydrogen (secondary N) is 1. The van der Waals surface area contributed by atoms with Crippen LogP contribution in [0.15, 0.2) is 12.3 Å². The number of aromatic nitrogens is 2. The number of aliphatic hydroxyl groups excluding tert-OH is 1. The summed E-state index contributed by atoms with van der Waals surface area (Å²) in [6.07, 6.45) is -10.9. The van der Waals surface area contributed by atoms with Gasteiger partial charge in [-0.2, -0.15) is 31.6 Å². The highest BCUT2D eigenvalue weighted by Crippen LogP contribution is 2.44. The minimum absolute atomic E-state index is 0.176. The molecule has 8 nitrogen and oxygen atoms in total. The number of hydrogen-bond donors (Lipinski definition) is 2. The largest absolute Gasteiger partial charge is 0.420 e. The first kappa shape index (κ1) is 26.1. The minimum atomic E-state index is -5.13. The smallest absolute Gasteiger partial charge is 0.379 e. The van der Waals surface area contributed by atoms with Crippen molar-refractivity contribution in [2.24, 2.45) is 0 Å². The molecular formula is C18H17F6N5O3S2. The van der Waals surface area contributed by atoms with E-state index < -0.39 is 55.1 Å². The molecule has 3 rings (SSSR count). The molecule has 0 spiro atoms. The summed E-state index contributed by atoms with van der Waals surface area (Å²) in [6, 6.07) is 1.90. The van der Waals surface area contributed by atoms with Gasteiger partial charge < -0.3 is 10.4 Å². The lowest BCUT2D eigenvalue weighted by molar-refractivity contribution is -0.205. The quantitative estimate of drug-likeness (QED) is 0.569. The van der Waals surface area contributed by atoms with Crippen LogP contribution in [0, 0.1) is 11.3 Å². The van der Waals surface area contributed by atoms with Crippen LogP contribution in [0.4, 0.5) is 32.3 Å². The lowest BCUT2D eigenvalue weighted by Gasteiger charge is -2.30. The second kappa shape index (κ2) is 9.29. The van der Waals surface area contributed by atoms with E-state index in [2.05, 4.69) is 15.3 Å². The van der Waals surface area contributed by atoms with Crippen molar-refractivity contribution in [2.75, 3.05) is 24.7 Å². The number of nitrogens with zero attached hydrogens (tertiary/aromatic N) is 4. The molecule has 2 N–H and O–H groups in total. The van der Waals surface area contributed by atoms with Gasteiger partial charge in [0.15, 0.2) is 6.10 Å². The van der Waals surface area contributed by atoms with Crippen molar-refractivity contribution in [3.05, 3.63) is 28.3 Å². The summed E-state index contributed by atoms with van der Waals surface area (Å²) in [5.74, 6) is -0.245. The molecule has 34 heavy (non-hydrogen) atoms. The van der Waals surface area contributed by atoms with Crippen molar-refractivity contribution in [1.29, 1.82) is 5.26 Å². The Morgan fingerprint density at radius 1 is 1.26 bits per heavy atom. The molecule has 1 saturated heterocycles. The van der Waals surface area contributed by atoms with E-state index in [1.54, 1.807) is 0 Å². The zero-order chi connectivity index (χ0) is 25.5. The summed E-state index contributed by atoms with van der Waals surface area (Å²) < 4.78 is 104. The predicted octanol–water partition coefficient (Wildman–Crippen LogP) is 3.53. The van der Waals surface area contributed by atoms with Crippen molar-refractivity contribution in [3.8, 4) is 16.6 Å². The van der Waals surface area contributed by atoms with Gasteiger partial charge in [0.05, 0.1) is 27.3 Å². The van der Waals surface area contributed by atoms with Gasteiger partial charge in [0.25, 0.3) is 0 Å². The summed E-state index contributed by atoms with van der Waals surface area (Å²) in [5.41, 5.74) is -2.70. The highest BCUT2D eigenvalue weighted by atomic mass is 32.2. The van der Waals surface area contributed by atoms with Gasteiger partial charge in [0.2, 0.25) is 16.0 Å². The molecule has 2 aromatic heterocycles. The fourth-order valence-corrected chi connectivity index (χ4v) is 5.32. The van der Waals surface area contributed by atoms with Crippen molar-refractivity contribution < 1.29 is 39.9 Å². The second-order valence-corrected chi connectivity index (χ2v) is 10.5. The molecular weight excluding hydrogens is 512 g/mol. The highest BCUT2D eigenvalue weighted by Gasteiger charge is 2.43. The lowest BCUT2D eigenvalue weighted by Crippen LogP contribution is -2.42. The van der Waals surface area contributed by atoms with E-state index >= 15 is 0 Å². The van der Waals surface area contributed by atoms with Gasteiger partial charge in [-0.15, -0.1) is 11.3 Å². The number of anilines is 1. The molecule has 0 amide bonds. The van der Waals surface area contributed by atoms with Crippen molar-refractivity contribution >= 4 is 27.3 Å². The summed E-state index contributed by atoms with van der Waals surface area (Å²) in [4.78, 5) is 6.25. The van der Waals surface area contributed by atoms with Gasteiger partial charge in [-0.25, -0.2) is 22.7 Å². The van der Waals surface area contributed by atoms with Gasteiger partial charge >= 0.3 is 12.4 Å². The van der Waals surface area contributed by atoms with E-state index in [0.717, 1.165) is 12.3 Å². The number of piperidine rings is 1. The van der Waals surface area contributed by atoms with Crippen LogP contribution >= 0.6 is 11.3 Å². The first-order chi connectivity index (χ1) is 15.6. The molecule has 0 bridgehead atoms. The van der Waals surface area contributed by atoms with Crippen LogP contribution in [0.5, 0.6) is 0 Å². The van der Waals surface area contributed by atoms with Crippen LogP contribution in [0.1, 0.15) is 34.9 Å². The Balaban J connectivity index is 1.96. The number of nitriles is 1. The normalized spacial score (nSPS) is 17.4. The van der Waals surface area contributed by atoms with Crippen molar-refractivity contribution in [1.82, 2.24) is 14.3 Å². The summed E-state index contributed by atoms with van der Waals surface area (Å²) in [5, 5.41) is 21.5. The lowest BCUT2D eigenvalue weighted by atomic mass is 10.1. The standard InChI is InChI=1S/C18H17F6N5O3S2/c1-34(31,32)29-4-2-10(3-5-29)27-16-26-8-11(17(19,20)21)13(28-16)12-6-9(7-25)14(33-12)15(30)18(22,23)24/h6,8,10,15,30H,2-5H2,1H3,(H,26,27,28). The average molecular weight is 529 g/mol. The Kier molecular flexibility index (Phi) is 7.14. The first-order valence-electron chi connectivity index (χ1n) is 9.56. The van der Waals surface area contributed by atoms with E-state index in [1.165, 1.54) is 10.4 Å². The molecule has 2 aromatic rings. The average Bonchev–Trinajstić information content (AvgIpc) is 3.15. The van der Waals surface area contributed by atoms with Gasteiger partial charge in [-0.3, -0.25) is 0 Å². The minimum Gasteiger partial charge on any atom is -0.379 e. The summed E-state index contributed by atoms with van der Waals surface area (Å²) in [6.45, 7) is 0.359. The first-order valence-corrected chi connectivity index (χ1v) is 12.2. The third-order valence-corrected chi connectivity index (χ3v) is 7.52. The highest BCUT2D eigenvalue weighted by molar-refractivity contribution is 7.88. The Morgan fingerprint density at radius 3 is 2.38 bits per heavy atom. The molecule has 1 atom stereocenters. The Hall–Kier alpha value is -2.48. The molecule has 1 unspecified atom stereocenters. The Labute approximate surface area is 193 Å². The molecule has 1 aliphatic rings. The SMILES string of the molecule is CS(=O)(=O)N1CCC(Nc2ncc(C(F)(F)F)c(-c3cc(C#N)c(C(O)C(F)(F)F)s3)n2)CC1. The van der Waals surface area contributed by atoms with Gasteiger partial charge in [0, 0.05) is 25.3 Å². The van der Waals surface area contributed by atoms with Gasteiger partial charge in [-0.05, 0) is 18.9 Å². The Bertz CT molecular complexity index is 1200. The fraction of sp³-hybridized carbons (Fsp3) is 0.500. The van der Waals surface area contributed by atoms with Gasteiger partial charge in [-0.1, -0.05) is 0 Å². The van der Waals surface area contributed by atoms with E-state index in [4.69, 9.17) is 5.26 Å².